The van der Waals surface area contributed by atoms with Crippen molar-refractivity contribution in [3.05, 3.63) is 128 Å². The predicted molar refractivity (Wildman–Crippen MR) is 198 cm³/mol. The van der Waals surface area contributed by atoms with E-state index in [4.69, 9.17) is 46.4 Å². The maximum Gasteiger partial charge on any atom is 0.264 e. The van der Waals surface area contributed by atoms with Gasteiger partial charge in [-0.15, -0.1) is 0 Å². The number of hydrogen-bond donors (Lipinski definition) is 1. The summed E-state index contributed by atoms with van der Waals surface area (Å²) < 4.78 is 29.6. The van der Waals surface area contributed by atoms with Gasteiger partial charge in [0.05, 0.1) is 30.7 Å². The number of halogens is 4. The normalized spacial score (nSPS) is 14.2. The van der Waals surface area contributed by atoms with E-state index >= 15 is 0 Å². The fourth-order valence-electron chi connectivity index (χ4n) is 5.97. The molecule has 4 aromatic carbocycles. The molecule has 1 atom stereocenters. The lowest BCUT2D eigenvalue weighted by molar-refractivity contribution is -0.140. The first-order chi connectivity index (χ1) is 23.4. The number of amides is 2. The van der Waals surface area contributed by atoms with Crippen molar-refractivity contribution in [2.24, 2.45) is 0 Å². The summed E-state index contributed by atoms with van der Waals surface area (Å²) in [6.45, 7) is 1.13. The highest BCUT2D eigenvalue weighted by Gasteiger charge is 2.36. The highest BCUT2D eigenvalue weighted by molar-refractivity contribution is 7.92. The molecular weight excluding hydrogens is 724 g/mol. The van der Waals surface area contributed by atoms with Crippen molar-refractivity contribution >= 4 is 73.9 Å². The van der Waals surface area contributed by atoms with Crippen LogP contribution in [0.5, 0.6) is 0 Å². The first-order valence-corrected chi connectivity index (χ1v) is 19.0. The Bertz CT molecular complexity index is 1890. The van der Waals surface area contributed by atoms with E-state index in [-0.39, 0.29) is 50.6 Å². The molecule has 258 valence electrons. The molecule has 0 unspecified atom stereocenters. The van der Waals surface area contributed by atoms with Crippen LogP contribution >= 0.6 is 46.4 Å². The van der Waals surface area contributed by atoms with Crippen molar-refractivity contribution in [3.63, 3.8) is 0 Å². The van der Waals surface area contributed by atoms with E-state index in [9.17, 15) is 18.0 Å². The number of anilines is 1. The molecule has 49 heavy (non-hydrogen) atoms. The SMILES string of the molecule is Cc1ccc(S(=O)(=O)N(CC(=O)N(Cc2ccc(Cl)c(Cl)c2)[C@H](Cc2ccccc2)C(=O)NC2CCCCC2)c2cccc(Cl)c2Cl)cc1. The van der Waals surface area contributed by atoms with Gasteiger partial charge in [-0.25, -0.2) is 8.42 Å². The number of hydrogen-bond acceptors (Lipinski definition) is 4. The summed E-state index contributed by atoms with van der Waals surface area (Å²) in [7, 11) is -4.35. The molecule has 7 nitrogen and oxygen atoms in total. The van der Waals surface area contributed by atoms with Crippen LogP contribution in [0.3, 0.4) is 0 Å². The van der Waals surface area contributed by atoms with Gasteiger partial charge in [0.25, 0.3) is 10.0 Å². The molecule has 1 saturated carbocycles. The smallest absolute Gasteiger partial charge is 0.264 e. The summed E-state index contributed by atoms with van der Waals surface area (Å²) in [5, 5.41) is 3.91. The molecule has 5 rings (SSSR count). The zero-order chi connectivity index (χ0) is 35.1. The van der Waals surface area contributed by atoms with Gasteiger partial charge in [-0.3, -0.25) is 13.9 Å². The van der Waals surface area contributed by atoms with E-state index < -0.39 is 28.5 Å². The number of rotatable bonds is 12. The summed E-state index contributed by atoms with van der Waals surface area (Å²) >= 11 is 25.6. The number of sulfonamides is 1. The molecule has 0 heterocycles. The second-order valence-corrected chi connectivity index (χ2v) is 15.7. The summed E-state index contributed by atoms with van der Waals surface area (Å²) in [4.78, 5) is 30.4. The first kappa shape index (κ1) is 37.0. The molecule has 1 aliphatic carbocycles. The minimum atomic E-state index is -4.35. The Morgan fingerprint density at radius 3 is 2.16 bits per heavy atom. The molecule has 0 aromatic heterocycles. The molecule has 1 fully saturated rings. The van der Waals surface area contributed by atoms with Crippen LogP contribution in [-0.4, -0.2) is 43.8 Å². The number of carbonyl (C=O) groups excluding carboxylic acids is 2. The molecule has 12 heteroatoms. The van der Waals surface area contributed by atoms with E-state index in [0.29, 0.717) is 10.6 Å². The van der Waals surface area contributed by atoms with E-state index in [1.807, 2.05) is 37.3 Å². The zero-order valence-corrected chi connectivity index (χ0v) is 30.8. The first-order valence-electron chi connectivity index (χ1n) is 16.0. The second kappa shape index (κ2) is 16.6. The third kappa shape index (κ3) is 9.30. The van der Waals surface area contributed by atoms with Gasteiger partial charge in [-0.05, 0) is 67.3 Å². The summed E-state index contributed by atoms with van der Waals surface area (Å²) in [6, 6.07) is 24.3. The lowest BCUT2D eigenvalue weighted by Crippen LogP contribution is -2.55. The van der Waals surface area contributed by atoms with Crippen LogP contribution in [0.15, 0.2) is 95.9 Å². The standard InChI is InChI=1S/C37H37Cl4N3O4S/c1-25-15-18-29(19-16-25)49(47,48)44(33-14-8-13-31(39)36(33)41)24-35(45)43(23-27-17-20-30(38)32(40)21-27)34(22-26-9-4-2-5-10-26)37(46)42-28-11-6-3-7-12-28/h2,4-5,8-10,13-21,28,34H,3,6-7,11-12,22-24H2,1H3,(H,42,46)/t34-/m1/s1. The van der Waals surface area contributed by atoms with Gasteiger partial charge in [0.2, 0.25) is 11.8 Å². The van der Waals surface area contributed by atoms with Crippen molar-refractivity contribution in [2.75, 3.05) is 10.8 Å². The van der Waals surface area contributed by atoms with Gasteiger partial charge in [0.15, 0.2) is 0 Å². The number of carbonyl (C=O) groups is 2. The lowest BCUT2D eigenvalue weighted by atomic mass is 9.94. The van der Waals surface area contributed by atoms with Crippen LogP contribution < -0.4 is 9.62 Å². The van der Waals surface area contributed by atoms with Crippen molar-refractivity contribution < 1.29 is 18.0 Å². The van der Waals surface area contributed by atoms with Gasteiger partial charge >= 0.3 is 0 Å². The fourth-order valence-corrected chi connectivity index (χ4v) is 8.16. The molecule has 1 aliphatic rings. The van der Waals surface area contributed by atoms with Crippen LogP contribution in [0.2, 0.25) is 20.1 Å². The topological polar surface area (TPSA) is 86.8 Å². The maximum atomic E-state index is 14.7. The van der Waals surface area contributed by atoms with Crippen molar-refractivity contribution in [1.29, 1.82) is 0 Å². The van der Waals surface area contributed by atoms with Crippen LogP contribution in [0.25, 0.3) is 0 Å². The maximum absolute atomic E-state index is 14.7. The zero-order valence-electron chi connectivity index (χ0n) is 26.9. The minimum absolute atomic E-state index is 0.0230. The molecule has 0 saturated heterocycles. The van der Waals surface area contributed by atoms with Crippen LogP contribution in [0.1, 0.15) is 48.8 Å². The monoisotopic (exact) mass is 759 g/mol. The average molecular weight is 762 g/mol. The van der Waals surface area contributed by atoms with E-state index in [2.05, 4.69) is 5.32 Å². The van der Waals surface area contributed by atoms with Gasteiger partial charge < -0.3 is 10.2 Å². The quantitative estimate of drug-likeness (QED) is 0.156. The lowest BCUT2D eigenvalue weighted by Gasteiger charge is -2.35. The minimum Gasteiger partial charge on any atom is -0.352 e. The summed E-state index contributed by atoms with van der Waals surface area (Å²) in [6.07, 6.45) is 5.01. The molecule has 2 amide bonds. The predicted octanol–water partition coefficient (Wildman–Crippen LogP) is 8.89. The molecule has 0 bridgehead atoms. The Hall–Kier alpha value is -3.27. The van der Waals surface area contributed by atoms with Crippen LogP contribution in [0.4, 0.5) is 5.69 Å². The third-order valence-corrected chi connectivity index (χ3v) is 12.0. The second-order valence-electron chi connectivity index (χ2n) is 12.2. The van der Waals surface area contributed by atoms with E-state index in [0.717, 1.165) is 47.5 Å². The summed E-state index contributed by atoms with van der Waals surface area (Å²) in [5.41, 5.74) is 2.34. The molecule has 0 aliphatic heterocycles. The molecule has 4 aromatic rings. The highest BCUT2D eigenvalue weighted by Crippen LogP contribution is 2.36. The largest absolute Gasteiger partial charge is 0.352 e. The van der Waals surface area contributed by atoms with Crippen molar-refractivity contribution in [2.45, 2.75) is 69.0 Å². The number of nitrogens with one attached hydrogen (secondary N) is 1. The fraction of sp³-hybridized carbons (Fsp3) is 0.297. The average Bonchev–Trinajstić information content (AvgIpc) is 3.09. The molecule has 1 N–H and O–H groups in total. The Morgan fingerprint density at radius 1 is 0.796 bits per heavy atom. The number of aryl methyl sites for hydroxylation is 1. The van der Waals surface area contributed by atoms with E-state index in [1.54, 1.807) is 36.4 Å². The third-order valence-electron chi connectivity index (χ3n) is 8.65. The van der Waals surface area contributed by atoms with Gasteiger partial charge in [-0.2, -0.15) is 0 Å². The van der Waals surface area contributed by atoms with Crippen molar-refractivity contribution in [3.8, 4) is 0 Å². The van der Waals surface area contributed by atoms with Crippen LogP contribution in [0, 0.1) is 6.92 Å². The van der Waals surface area contributed by atoms with E-state index in [1.165, 1.54) is 29.2 Å². The van der Waals surface area contributed by atoms with Crippen molar-refractivity contribution in [1.82, 2.24) is 10.2 Å². The Kier molecular flexibility index (Phi) is 12.6. The summed E-state index contributed by atoms with van der Waals surface area (Å²) in [5.74, 6) is -0.949. The molecule has 0 radical (unpaired) electrons. The Labute approximate surface area is 308 Å². The molecular formula is C37H37Cl4N3O4S. The Morgan fingerprint density at radius 2 is 1.49 bits per heavy atom. The van der Waals surface area contributed by atoms with Gasteiger partial charge in [-0.1, -0.05) is 126 Å². The van der Waals surface area contributed by atoms with Gasteiger partial charge in [0, 0.05) is 19.0 Å². The van der Waals surface area contributed by atoms with Gasteiger partial charge in [0.1, 0.15) is 12.6 Å². The number of benzene rings is 4. The number of nitrogens with zero attached hydrogens (tertiary/aromatic N) is 2. The highest BCUT2D eigenvalue weighted by atomic mass is 35.5. The molecule has 0 spiro atoms. The Balaban J connectivity index is 1.60. The van der Waals surface area contributed by atoms with Crippen LogP contribution in [-0.2, 0) is 32.6 Å².